The van der Waals surface area contributed by atoms with Gasteiger partial charge in [0.15, 0.2) is 17.3 Å². The van der Waals surface area contributed by atoms with Gasteiger partial charge in [-0.2, -0.15) is 0 Å². The van der Waals surface area contributed by atoms with E-state index >= 15 is 0 Å². The molecule has 0 unspecified atom stereocenters. The SMILES string of the molecule is COc1cc(OC)c(OC)cc1C=C1Oc2cc(OC(=O)N(c3ccccc3)c3ccccc3)ccc2C1=O. The quantitative estimate of drug-likeness (QED) is 0.250. The molecule has 5 rings (SSSR count). The third kappa shape index (κ3) is 5.13. The molecule has 196 valence electrons. The molecule has 0 saturated carbocycles. The van der Waals surface area contributed by atoms with Crippen molar-refractivity contribution in [1.82, 2.24) is 0 Å². The number of benzene rings is 4. The number of hydrogen-bond acceptors (Lipinski definition) is 7. The lowest BCUT2D eigenvalue weighted by molar-refractivity contribution is 0.101. The van der Waals surface area contributed by atoms with Gasteiger partial charge in [-0.05, 0) is 48.5 Å². The van der Waals surface area contributed by atoms with E-state index in [4.69, 9.17) is 23.7 Å². The monoisotopic (exact) mass is 523 g/mol. The molecule has 0 radical (unpaired) electrons. The largest absolute Gasteiger partial charge is 0.496 e. The first-order valence-electron chi connectivity index (χ1n) is 12.0. The van der Waals surface area contributed by atoms with Crippen LogP contribution in [0.2, 0.25) is 0 Å². The number of anilines is 2. The second kappa shape index (κ2) is 11.0. The second-order valence-corrected chi connectivity index (χ2v) is 8.42. The molecule has 0 N–H and O–H groups in total. The fraction of sp³-hybridized carbons (Fsp3) is 0.0968. The molecule has 1 aliphatic rings. The molecule has 1 amide bonds. The molecular weight excluding hydrogens is 498 g/mol. The zero-order valence-electron chi connectivity index (χ0n) is 21.5. The van der Waals surface area contributed by atoms with Crippen molar-refractivity contribution in [2.75, 3.05) is 26.2 Å². The smallest absolute Gasteiger partial charge is 0.424 e. The summed E-state index contributed by atoms with van der Waals surface area (Å²) in [6, 6.07) is 26.4. The molecule has 4 aromatic carbocycles. The van der Waals surface area contributed by atoms with Gasteiger partial charge >= 0.3 is 6.09 Å². The fourth-order valence-corrected chi connectivity index (χ4v) is 4.20. The number of hydrogen-bond donors (Lipinski definition) is 0. The summed E-state index contributed by atoms with van der Waals surface area (Å²) in [6.07, 6.45) is 0.962. The minimum Gasteiger partial charge on any atom is -0.496 e. The number of Topliss-reactive ketones (excluding diaryl/α,β-unsaturated/α-hetero) is 1. The molecule has 1 heterocycles. The molecule has 0 aromatic heterocycles. The molecule has 0 atom stereocenters. The van der Waals surface area contributed by atoms with Crippen LogP contribution in [0.5, 0.6) is 28.7 Å². The normalized spacial score (nSPS) is 12.9. The predicted octanol–water partition coefficient (Wildman–Crippen LogP) is 6.67. The lowest BCUT2D eigenvalue weighted by atomic mass is 10.1. The number of carbonyl (C=O) groups excluding carboxylic acids is 2. The highest BCUT2D eigenvalue weighted by Gasteiger charge is 2.29. The van der Waals surface area contributed by atoms with E-state index in [0.717, 1.165) is 0 Å². The maximum atomic E-state index is 13.3. The van der Waals surface area contributed by atoms with Crippen LogP contribution in [0, 0.1) is 0 Å². The van der Waals surface area contributed by atoms with Crippen LogP contribution in [0.15, 0.2) is 96.8 Å². The highest BCUT2D eigenvalue weighted by Crippen LogP contribution is 2.39. The first-order chi connectivity index (χ1) is 19.0. The Hall–Kier alpha value is -5.24. The fourth-order valence-electron chi connectivity index (χ4n) is 4.20. The van der Waals surface area contributed by atoms with E-state index in [-0.39, 0.29) is 23.0 Å². The molecule has 4 aromatic rings. The van der Waals surface area contributed by atoms with Gasteiger partial charge in [0, 0.05) is 17.7 Å². The molecular formula is C31H25NO7. The Bertz CT molecular complexity index is 1510. The molecule has 39 heavy (non-hydrogen) atoms. The van der Waals surface area contributed by atoms with Crippen molar-refractivity contribution in [3.05, 3.63) is 108 Å². The van der Waals surface area contributed by atoms with Gasteiger partial charge in [0.1, 0.15) is 17.2 Å². The second-order valence-electron chi connectivity index (χ2n) is 8.42. The number of rotatable bonds is 7. The Labute approximate surface area is 225 Å². The summed E-state index contributed by atoms with van der Waals surface area (Å²) >= 11 is 0. The predicted molar refractivity (Wildman–Crippen MR) is 147 cm³/mol. The maximum Gasteiger partial charge on any atom is 0.424 e. The number of para-hydroxylation sites is 2. The minimum atomic E-state index is -0.609. The average Bonchev–Trinajstić information content (AvgIpc) is 3.27. The van der Waals surface area contributed by atoms with Crippen LogP contribution in [-0.2, 0) is 0 Å². The van der Waals surface area contributed by atoms with E-state index in [1.807, 2.05) is 60.7 Å². The number of nitrogens with zero attached hydrogens (tertiary/aromatic N) is 1. The third-order valence-corrected chi connectivity index (χ3v) is 6.08. The van der Waals surface area contributed by atoms with Crippen molar-refractivity contribution in [3.8, 4) is 28.7 Å². The first-order valence-corrected chi connectivity index (χ1v) is 12.0. The van der Waals surface area contributed by atoms with Gasteiger partial charge in [0.05, 0.1) is 38.3 Å². The number of methoxy groups -OCH3 is 3. The summed E-state index contributed by atoms with van der Waals surface area (Å²) in [6.45, 7) is 0. The van der Waals surface area contributed by atoms with Crippen LogP contribution in [-0.4, -0.2) is 33.2 Å². The zero-order valence-corrected chi connectivity index (χ0v) is 21.5. The summed E-state index contributed by atoms with van der Waals surface area (Å²) in [4.78, 5) is 27.9. The summed E-state index contributed by atoms with van der Waals surface area (Å²) in [5.41, 5.74) is 2.22. The molecule has 1 aliphatic heterocycles. The van der Waals surface area contributed by atoms with Crippen LogP contribution in [0.4, 0.5) is 16.2 Å². The molecule has 0 fully saturated rings. The van der Waals surface area contributed by atoms with E-state index in [0.29, 0.717) is 39.8 Å². The Kier molecular flexibility index (Phi) is 7.18. The topological polar surface area (TPSA) is 83.5 Å². The van der Waals surface area contributed by atoms with Gasteiger partial charge in [-0.25, -0.2) is 9.69 Å². The Balaban J connectivity index is 1.42. The number of carbonyl (C=O) groups is 2. The van der Waals surface area contributed by atoms with Gasteiger partial charge in [0.25, 0.3) is 0 Å². The van der Waals surface area contributed by atoms with Crippen LogP contribution in [0.3, 0.4) is 0 Å². The Morgan fingerprint density at radius 1 is 0.744 bits per heavy atom. The highest BCUT2D eigenvalue weighted by atomic mass is 16.6. The average molecular weight is 524 g/mol. The zero-order chi connectivity index (χ0) is 27.4. The number of ketones is 1. The van der Waals surface area contributed by atoms with Crippen molar-refractivity contribution >= 4 is 29.3 Å². The van der Waals surface area contributed by atoms with Crippen molar-refractivity contribution in [3.63, 3.8) is 0 Å². The van der Waals surface area contributed by atoms with Gasteiger partial charge < -0.3 is 23.7 Å². The van der Waals surface area contributed by atoms with E-state index < -0.39 is 6.09 Å². The minimum absolute atomic E-state index is 0.0918. The summed E-state index contributed by atoms with van der Waals surface area (Å²) in [7, 11) is 4.57. The molecule has 8 nitrogen and oxygen atoms in total. The van der Waals surface area contributed by atoms with Crippen molar-refractivity contribution < 1.29 is 33.3 Å². The van der Waals surface area contributed by atoms with E-state index in [1.165, 1.54) is 32.3 Å². The van der Waals surface area contributed by atoms with Gasteiger partial charge in [-0.1, -0.05) is 36.4 Å². The van der Waals surface area contributed by atoms with Gasteiger partial charge in [-0.3, -0.25) is 4.79 Å². The Morgan fingerprint density at radius 3 is 1.92 bits per heavy atom. The molecule has 0 aliphatic carbocycles. The lowest BCUT2D eigenvalue weighted by Crippen LogP contribution is -2.29. The van der Waals surface area contributed by atoms with Crippen molar-refractivity contribution in [2.24, 2.45) is 0 Å². The summed E-state index contributed by atoms with van der Waals surface area (Å²) < 4.78 is 27.8. The van der Waals surface area contributed by atoms with Crippen LogP contribution in [0.1, 0.15) is 15.9 Å². The molecule has 0 bridgehead atoms. The van der Waals surface area contributed by atoms with Crippen molar-refractivity contribution in [2.45, 2.75) is 0 Å². The van der Waals surface area contributed by atoms with Crippen LogP contribution < -0.4 is 28.6 Å². The number of fused-ring (bicyclic) bond motifs is 1. The van der Waals surface area contributed by atoms with Gasteiger partial charge in [0.2, 0.25) is 5.78 Å². The van der Waals surface area contributed by atoms with Crippen molar-refractivity contribution in [1.29, 1.82) is 0 Å². The summed E-state index contributed by atoms with van der Waals surface area (Å²) in [5.74, 6) is 1.73. The van der Waals surface area contributed by atoms with E-state index in [2.05, 4.69) is 0 Å². The number of amides is 1. The van der Waals surface area contributed by atoms with Gasteiger partial charge in [-0.15, -0.1) is 0 Å². The molecule has 0 spiro atoms. The highest BCUT2D eigenvalue weighted by molar-refractivity contribution is 6.14. The summed E-state index contributed by atoms with van der Waals surface area (Å²) in [5, 5.41) is 0. The first kappa shape index (κ1) is 25.4. The maximum absolute atomic E-state index is 13.3. The Morgan fingerprint density at radius 2 is 1.33 bits per heavy atom. The number of allylic oxidation sites excluding steroid dienone is 1. The number of ether oxygens (including phenoxy) is 5. The molecule has 8 heteroatoms. The molecule has 0 saturated heterocycles. The van der Waals surface area contributed by atoms with E-state index in [1.54, 1.807) is 30.3 Å². The lowest BCUT2D eigenvalue weighted by Gasteiger charge is -2.22. The standard InChI is InChI=1S/C31H25NO7/c1-35-25-19-28(37-3)27(36-2)16-20(25)17-29-30(33)24-15-14-23(18-26(24)39-29)38-31(34)32(21-10-6-4-7-11-21)22-12-8-5-9-13-22/h4-19H,1-3H3. The van der Waals surface area contributed by atoms with Crippen LogP contribution in [0.25, 0.3) is 6.08 Å². The van der Waals surface area contributed by atoms with Crippen LogP contribution >= 0.6 is 0 Å². The third-order valence-electron chi connectivity index (χ3n) is 6.08. The van der Waals surface area contributed by atoms with E-state index in [9.17, 15) is 9.59 Å².